The van der Waals surface area contributed by atoms with Crippen molar-refractivity contribution in [3.8, 4) is 0 Å². The van der Waals surface area contributed by atoms with Crippen LogP contribution in [-0.2, 0) is 21.4 Å². The number of carbonyl (C=O) groups excluding carboxylic acids is 2. The van der Waals surface area contributed by atoms with Gasteiger partial charge in [0.1, 0.15) is 11.7 Å². The molecule has 0 aromatic carbocycles. The van der Waals surface area contributed by atoms with E-state index >= 15 is 0 Å². The minimum Gasteiger partial charge on any atom is -0.345 e. The third-order valence-corrected chi connectivity index (χ3v) is 6.86. The van der Waals surface area contributed by atoms with Gasteiger partial charge in [-0.15, -0.1) is 0 Å². The number of H-pyrrole nitrogens is 1. The Morgan fingerprint density at radius 3 is 2.64 bits per heavy atom. The fourth-order valence-corrected chi connectivity index (χ4v) is 4.89. The summed E-state index contributed by atoms with van der Waals surface area (Å²) >= 11 is 0. The van der Waals surface area contributed by atoms with Crippen molar-refractivity contribution in [3.05, 3.63) is 29.6 Å². The normalized spacial score (nSPS) is 19.3. The van der Waals surface area contributed by atoms with E-state index in [9.17, 15) is 18.0 Å². The molecule has 28 heavy (non-hydrogen) atoms. The van der Waals surface area contributed by atoms with Crippen molar-refractivity contribution < 1.29 is 18.0 Å². The molecule has 150 valence electrons. The Kier molecular flexibility index (Phi) is 4.62. The smallest absolute Gasteiger partial charge is 0.257 e. The summed E-state index contributed by atoms with van der Waals surface area (Å²) in [7, 11) is -3.26. The molecule has 2 aliphatic heterocycles. The molecule has 1 saturated heterocycles. The summed E-state index contributed by atoms with van der Waals surface area (Å²) in [6, 6.07) is 1.30. The van der Waals surface area contributed by atoms with Gasteiger partial charge >= 0.3 is 0 Å². The molecule has 0 bridgehead atoms. The first-order valence-corrected chi connectivity index (χ1v) is 11.2. The molecular formula is C18H23N5O4S. The molecule has 1 atom stereocenters. The van der Waals surface area contributed by atoms with Crippen molar-refractivity contribution in [1.82, 2.24) is 24.1 Å². The van der Waals surface area contributed by atoms with Gasteiger partial charge in [0.05, 0.1) is 11.8 Å². The number of hydrogen-bond acceptors (Lipinski definition) is 5. The van der Waals surface area contributed by atoms with Crippen LogP contribution in [0, 0.1) is 0 Å². The Morgan fingerprint density at radius 2 is 2.00 bits per heavy atom. The second kappa shape index (κ2) is 6.85. The number of pyridine rings is 1. The lowest BCUT2D eigenvalue weighted by Gasteiger charge is -2.39. The number of carbonyl (C=O) groups is 2. The Balaban J connectivity index is 1.55. The van der Waals surface area contributed by atoms with Gasteiger partial charge in [-0.1, -0.05) is 6.92 Å². The van der Waals surface area contributed by atoms with Crippen LogP contribution in [0.3, 0.4) is 0 Å². The molecule has 1 fully saturated rings. The number of piperazine rings is 1. The van der Waals surface area contributed by atoms with Crippen LogP contribution in [0.5, 0.6) is 0 Å². The lowest BCUT2D eigenvalue weighted by atomic mass is 9.99. The van der Waals surface area contributed by atoms with Crippen LogP contribution in [0.4, 0.5) is 0 Å². The minimum absolute atomic E-state index is 0.131. The first-order chi connectivity index (χ1) is 13.3. The summed E-state index contributed by atoms with van der Waals surface area (Å²) in [5, 5.41) is 0.827. The molecule has 9 nitrogen and oxygen atoms in total. The zero-order valence-electron chi connectivity index (χ0n) is 15.9. The van der Waals surface area contributed by atoms with Crippen LogP contribution in [-0.4, -0.2) is 82.8 Å². The van der Waals surface area contributed by atoms with Crippen molar-refractivity contribution in [1.29, 1.82) is 0 Å². The van der Waals surface area contributed by atoms with E-state index in [-0.39, 0.29) is 24.9 Å². The topological polar surface area (TPSA) is 107 Å². The molecule has 10 heteroatoms. The van der Waals surface area contributed by atoms with Crippen LogP contribution in [0.15, 0.2) is 18.5 Å². The van der Waals surface area contributed by atoms with E-state index < -0.39 is 16.1 Å². The predicted molar refractivity (Wildman–Crippen MR) is 103 cm³/mol. The van der Waals surface area contributed by atoms with Gasteiger partial charge < -0.3 is 14.8 Å². The molecule has 0 saturated carbocycles. The summed E-state index contributed by atoms with van der Waals surface area (Å²) in [5.41, 5.74) is 2.18. The van der Waals surface area contributed by atoms with Gasteiger partial charge in [-0.25, -0.2) is 13.4 Å². The molecule has 2 aliphatic rings. The van der Waals surface area contributed by atoms with Crippen molar-refractivity contribution in [3.63, 3.8) is 0 Å². The predicted octanol–water partition coefficient (Wildman–Crippen LogP) is 0.401. The maximum Gasteiger partial charge on any atom is 0.257 e. The quantitative estimate of drug-likeness (QED) is 0.793. The number of aromatic amines is 1. The van der Waals surface area contributed by atoms with E-state index in [4.69, 9.17) is 0 Å². The van der Waals surface area contributed by atoms with Gasteiger partial charge in [-0.2, -0.15) is 4.31 Å². The van der Waals surface area contributed by atoms with Crippen LogP contribution in [0.2, 0.25) is 0 Å². The molecule has 2 aromatic heterocycles. The van der Waals surface area contributed by atoms with E-state index in [1.54, 1.807) is 22.2 Å². The third-order valence-electron chi connectivity index (χ3n) is 5.56. The standard InChI is InChI=1S/C18H23N5O4S/c1-3-14(18(25)21-6-8-22(9-7-21)28(2,26)27)23-11-12-4-5-19-16-15(12)13(10-20-16)17(23)24/h4-5,10,14H,3,6-9,11H2,1-2H3,(H,19,20). The van der Waals surface area contributed by atoms with Crippen LogP contribution in [0.1, 0.15) is 29.3 Å². The number of sulfonamides is 1. The van der Waals surface area contributed by atoms with E-state index in [0.29, 0.717) is 37.3 Å². The highest BCUT2D eigenvalue weighted by molar-refractivity contribution is 7.88. The van der Waals surface area contributed by atoms with Gasteiger partial charge in [0, 0.05) is 50.5 Å². The maximum atomic E-state index is 13.2. The second-order valence-electron chi connectivity index (χ2n) is 7.24. The SMILES string of the molecule is CCC(C(=O)N1CCN(S(C)(=O)=O)CC1)N1Cc2ccnc3[nH]cc(c23)C1=O. The largest absolute Gasteiger partial charge is 0.345 e. The van der Waals surface area contributed by atoms with Gasteiger partial charge in [0.15, 0.2) is 0 Å². The Bertz CT molecular complexity index is 1040. The highest BCUT2D eigenvalue weighted by Gasteiger charge is 2.37. The maximum absolute atomic E-state index is 13.2. The average molecular weight is 405 g/mol. The molecule has 1 unspecified atom stereocenters. The van der Waals surface area contributed by atoms with E-state index in [2.05, 4.69) is 9.97 Å². The molecule has 0 aliphatic carbocycles. The summed E-state index contributed by atoms with van der Waals surface area (Å²) in [5.74, 6) is -0.310. The van der Waals surface area contributed by atoms with E-state index in [1.807, 2.05) is 13.0 Å². The Hall–Kier alpha value is -2.46. The average Bonchev–Trinajstić information content (AvgIpc) is 3.11. The molecular weight excluding hydrogens is 382 g/mol. The minimum atomic E-state index is -3.26. The van der Waals surface area contributed by atoms with E-state index in [1.165, 1.54) is 10.6 Å². The van der Waals surface area contributed by atoms with Crippen molar-refractivity contribution in [2.45, 2.75) is 25.9 Å². The number of nitrogens with zero attached hydrogens (tertiary/aromatic N) is 4. The van der Waals surface area contributed by atoms with E-state index in [0.717, 1.165) is 10.9 Å². The monoisotopic (exact) mass is 405 g/mol. The number of amides is 2. The molecule has 1 N–H and O–H groups in total. The Labute approximate surface area is 163 Å². The summed E-state index contributed by atoms with van der Waals surface area (Å²) < 4.78 is 24.8. The van der Waals surface area contributed by atoms with Crippen LogP contribution in [0.25, 0.3) is 11.0 Å². The van der Waals surface area contributed by atoms with Gasteiger partial charge in [0.25, 0.3) is 5.91 Å². The van der Waals surface area contributed by atoms with Gasteiger partial charge in [0.2, 0.25) is 15.9 Å². The third kappa shape index (κ3) is 3.06. The zero-order chi connectivity index (χ0) is 20.1. The summed E-state index contributed by atoms with van der Waals surface area (Å²) in [4.78, 5) is 36.8. The Morgan fingerprint density at radius 1 is 1.29 bits per heavy atom. The fourth-order valence-electron chi connectivity index (χ4n) is 4.07. The first-order valence-electron chi connectivity index (χ1n) is 9.31. The molecule has 4 rings (SSSR count). The molecule has 2 aromatic rings. The zero-order valence-corrected chi connectivity index (χ0v) is 16.7. The highest BCUT2D eigenvalue weighted by atomic mass is 32.2. The van der Waals surface area contributed by atoms with Crippen molar-refractivity contribution >= 4 is 32.9 Å². The summed E-state index contributed by atoms with van der Waals surface area (Å²) in [6.45, 7) is 3.47. The highest BCUT2D eigenvalue weighted by Crippen LogP contribution is 2.30. The number of hydrogen-bond donors (Lipinski definition) is 1. The molecule has 4 heterocycles. The number of aromatic nitrogens is 2. The lowest BCUT2D eigenvalue weighted by molar-refractivity contribution is -0.137. The molecule has 2 amide bonds. The number of rotatable bonds is 4. The van der Waals surface area contributed by atoms with Crippen molar-refractivity contribution in [2.75, 3.05) is 32.4 Å². The fraction of sp³-hybridized carbons (Fsp3) is 0.500. The molecule has 0 spiro atoms. The first kappa shape index (κ1) is 18.9. The van der Waals surface area contributed by atoms with Gasteiger partial charge in [-0.3, -0.25) is 9.59 Å². The van der Waals surface area contributed by atoms with Crippen molar-refractivity contribution in [2.24, 2.45) is 0 Å². The molecule has 0 radical (unpaired) electrons. The van der Waals surface area contributed by atoms with Crippen LogP contribution >= 0.6 is 0 Å². The lowest BCUT2D eigenvalue weighted by Crippen LogP contribution is -2.56. The second-order valence-corrected chi connectivity index (χ2v) is 9.22. The number of nitrogens with one attached hydrogen (secondary N) is 1. The van der Waals surface area contributed by atoms with Gasteiger partial charge in [-0.05, 0) is 18.1 Å². The summed E-state index contributed by atoms with van der Waals surface area (Å²) in [6.07, 6.45) is 5.01. The van der Waals surface area contributed by atoms with Crippen LogP contribution < -0.4 is 0 Å².